The Morgan fingerprint density at radius 1 is 1.18 bits per heavy atom. The zero-order valence-corrected chi connectivity index (χ0v) is 11.5. The number of nitrogens with zero attached hydrogens (tertiary/aromatic N) is 4. The zero-order chi connectivity index (χ0) is 12.8. The third-order valence-corrected chi connectivity index (χ3v) is 2.61. The third-order valence-electron chi connectivity index (χ3n) is 2.61. The molecule has 0 bridgehead atoms. The van der Waals surface area contributed by atoms with Crippen molar-refractivity contribution in [3.05, 3.63) is 11.9 Å². The van der Waals surface area contributed by atoms with Crippen LogP contribution < -0.4 is 10.2 Å². The number of hydrogen-bond acceptors (Lipinski definition) is 5. The average molecular weight is 237 g/mol. The van der Waals surface area contributed by atoms with Crippen LogP contribution in [0.4, 0.5) is 11.6 Å². The molecule has 0 saturated carbocycles. The minimum Gasteiger partial charge on any atom is -0.373 e. The SMILES string of the molecule is CCc1nc(NC)cc(N(C)CCN(C)C)n1. The van der Waals surface area contributed by atoms with Gasteiger partial charge in [-0.05, 0) is 14.1 Å². The first-order chi connectivity index (χ1) is 8.06. The number of anilines is 2. The lowest BCUT2D eigenvalue weighted by Gasteiger charge is -2.21. The number of aromatic nitrogens is 2. The lowest BCUT2D eigenvalue weighted by molar-refractivity contribution is 0.416. The molecule has 0 atom stereocenters. The lowest BCUT2D eigenvalue weighted by atomic mass is 10.4. The Kier molecular flexibility index (Phi) is 5.15. The van der Waals surface area contributed by atoms with Gasteiger partial charge in [0.15, 0.2) is 0 Å². The highest BCUT2D eigenvalue weighted by Gasteiger charge is 2.07. The van der Waals surface area contributed by atoms with E-state index in [2.05, 4.69) is 53.2 Å². The van der Waals surface area contributed by atoms with Crippen molar-refractivity contribution in [2.24, 2.45) is 0 Å². The molecule has 0 aromatic carbocycles. The van der Waals surface area contributed by atoms with Crippen LogP contribution in [0.2, 0.25) is 0 Å². The molecule has 0 aliphatic heterocycles. The van der Waals surface area contributed by atoms with Crippen LogP contribution in [0.3, 0.4) is 0 Å². The maximum atomic E-state index is 4.53. The molecule has 1 aromatic heterocycles. The Morgan fingerprint density at radius 2 is 1.88 bits per heavy atom. The number of nitrogens with one attached hydrogen (secondary N) is 1. The Bertz CT molecular complexity index is 328. The number of aryl methyl sites for hydroxylation is 1. The molecular formula is C12H23N5. The summed E-state index contributed by atoms with van der Waals surface area (Å²) in [5.74, 6) is 2.73. The van der Waals surface area contributed by atoms with Gasteiger partial charge in [0.1, 0.15) is 17.5 Å². The summed E-state index contributed by atoms with van der Waals surface area (Å²) in [6, 6.07) is 1.98. The molecule has 0 radical (unpaired) electrons. The van der Waals surface area contributed by atoms with Gasteiger partial charge in [0.2, 0.25) is 0 Å². The molecule has 0 amide bonds. The molecule has 1 heterocycles. The van der Waals surface area contributed by atoms with Crippen LogP contribution in [-0.4, -0.2) is 56.1 Å². The van der Waals surface area contributed by atoms with Crippen LogP contribution in [0.5, 0.6) is 0 Å². The molecule has 96 valence electrons. The van der Waals surface area contributed by atoms with Gasteiger partial charge in [0.25, 0.3) is 0 Å². The van der Waals surface area contributed by atoms with Crippen LogP contribution in [-0.2, 0) is 6.42 Å². The maximum absolute atomic E-state index is 4.53. The van der Waals surface area contributed by atoms with Gasteiger partial charge >= 0.3 is 0 Å². The second-order valence-electron chi connectivity index (χ2n) is 4.36. The van der Waals surface area contributed by atoms with Crippen molar-refractivity contribution in [1.82, 2.24) is 14.9 Å². The highest BCUT2D eigenvalue weighted by molar-refractivity contribution is 5.48. The number of hydrogen-bond donors (Lipinski definition) is 1. The van der Waals surface area contributed by atoms with E-state index >= 15 is 0 Å². The van der Waals surface area contributed by atoms with Crippen LogP contribution in [0, 0.1) is 0 Å². The van der Waals surface area contributed by atoms with Crippen molar-refractivity contribution >= 4 is 11.6 Å². The van der Waals surface area contributed by atoms with Crippen LogP contribution in [0.15, 0.2) is 6.07 Å². The van der Waals surface area contributed by atoms with Crippen molar-refractivity contribution in [2.75, 3.05) is 51.5 Å². The summed E-state index contributed by atoms with van der Waals surface area (Å²) in [5, 5.41) is 3.07. The first kappa shape index (κ1) is 13.7. The van der Waals surface area contributed by atoms with E-state index in [4.69, 9.17) is 0 Å². The van der Waals surface area contributed by atoms with Crippen LogP contribution in [0.1, 0.15) is 12.7 Å². The molecule has 0 unspecified atom stereocenters. The summed E-state index contributed by atoms with van der Waals surface area (Å²) >= 11 is 0. The van der Waals surface area contributed by atoms with E-state index in [0.29, 0.717) is 0 Å². The molecule has 0 spiro atoms. The van der Waals surface area contributed by atoms with E-state index in [-0.39, 0.29) is 0 Å². The summed E-state index contributed by atoms with van der Waals surface area (Å²) in [4.78, 5) is 13.2. The summed E-state index contributed by atoms with van der Waals surface area (Å²) < 4.78 is 0. The van der Waals surface area contributed by atoms with Gasteiger partial charge in [-0.2, -0.15) is 0 Å². The number of likely N-dealkylation sites (N-methyl/N-ethyl adjacent to an activating group) is 2. The van der Waals surface area contributed by atoms with Crippen LogP contribution >= 0.6 is 0 Å². The van der Waals surface area contributed by atoms with E-state index in [1.807, 2.05) is 13.1 Å². The molecule has 1 aromatic rings. The summed E-state index contributed by atoms with van der Waals surface area (Å²) in [6.45, 7) is 4.03. The van der Waals surface area contributed by atoms with E-state index < -0.39 is 0 Å². The minimum atomic E-state index is 0.851. The highest BCUT2D eigenvalue weighted by Crippen LogP contribution is 2.14. The fraction of sp³-hybridized carbons (Fsp3) is 0.667. The smallest absolute Gasteiger partial charge is 0.134 e. The fourth-order valence-corrected chi connectivity index (χ4v) is 1.43. The van der Waals surface area contributed by atoms with Gasteiger partial charge in [-0.25, -0.2) is 9.97 Å². The van der Waals surface area contributed by atoms with E-state index in [9.17, 15) is 0 Å². The highest BCUT2D eigenvalue weighted by atomic mass is 15.2. The van der Waals surface area contributed by atoms with Crippen molar-refractivity contribution in [3.8, 4) is 0 Å². The minimum absolute atomic E-state index is 0.851. The van der Waals surface area contributed by atoms with Crippen LogP contribution in [0.25, 0.3) is 0 Å². The fourth-order valence-electron chi connectivity index (χ4n) is 1.43. The molecule has 5 nitrogen and oxygen atoms in total. The predicted octanol–water partition coefficient (Wildman–Crippen LogP) is 1.08. The monoisotopic (exact) mass is 237 g/mol. The van der Waals surface area contributed by atoms with Crippen molar-refractivity contribution < 1.29 is 0 Å². The largest absolute Gasteiger partial charge is 0.373 e. The molecule has 0 fully saturated rings. The second kappa shape index (κ2) is 6.39. The van der Waals surface area contributed by atoms with E-state index in [1.165, 1.54) is 0 Å². The summed E-state index contributed by atoms with van der Waals surface area (Å²) in [5.41, 5.74) is 0. The van der Waals surface area contributed by atoms with E-state index in [0.717, 1.165) is 37.0 Å². The van der Waals surface area contributed by atoms with Gasteiger partial charge in [-0.1, -0.05) is 6.92 Å². The first-order valence-electron chi connectivity index (χ1n) is 5.98. The molecule has 1 rings (SSSR count). The standard InChI is InChI=1S/C12H23N5/c1-6-10-14-11(13-2)9-12(15-10)17(5)8-7-16(3)4/h9H,6-8H2,1-5H3,(H,13,14,15). The quantitative estimate of drug-likeness (QED) is 0.802. The van der Waals surface area contributed by atoms with Gasteiger partial charge in [0.05, 0.1) is 0 Å². The molecule has 0 aliphatic carbocycles. The molecule has 5 heteroatoms. The summed E-state index contributed by atoms with van der Waals surface area (Å²) in [6.07, 6.45) is 0.851. The Balaban J connectivity index is 2.80. The lowest BCUT2D eigenvalue weighted by Crippen LogP contribution is -2.29. The summed E-state index contributed by atoms with van der Waals surface area (Å²) in [7, 11) is 8.09. The Morgan fingerprint density at radius 3 is 2.41 bits per heavy atom. The topological polar surface area (TPSA) is 44.3 Å². The predicted molar refractivity (Wildman–Crippen MR) is 72.8 cm³/mol. The molecular weight excluding hydrogens is 214 g/mol. The molecule has 0 saturated heterocycles. The average Bonchev–Trinajstić information content (AvgIpc) is 2.34. The van der Waals surface area contributed by atoms with Crippen molar-refractivity contribution in [2.45, 2.75) is 13.3 Å². The first-order valence-corrected chi connectivity index (χ1v) is 5.98. The second-order valence-corrected chi connectivity index (χ2v) is 4.36. The molecule has 1 N–H and O–H groups in total. The van der Waals surface area contributed by atoms with Crippen molar-refractivity contribution in [3.63, 3.8) is 0 Å². The molecule has 0 aliphatic rings. The zero-order valence-electron chi connectivity index (χ0n) is 11.5. The third kappa shape index (κ3) is 4.19. The Hall–Kier alpha value is -1.36. The van der Waals surface area contributed by atoms with Gasteiger partial charge in [-0.3, -0.25) is 0 Å². The Labute approximate surface area is 104 Å². The molecule has 17 heavy (non-hydrogen) atoms. The van der Waals surface area contributed by atoms with Gasteiger partial charge in [0, 0.05) is 39.7 Å². The van der Waals surface area contributed by atoms with Crippen molar-refractivity contribution in [1.29, 1.82) is 0 Å². The van der Waals surface area contributed by atoms with Gasteiger partial charge in [-0.15, -0.1) is 0 Å². The normalized spacial score (nSPS) is 10.7. The van der Waals surface area contributed by atoms with E-state index in [1.54, 1.807) is 0 Å². The number of rotatable bonds is 6. The maximum Gasteiger partial charge on any atom is 0.134 e. The van der Waals surface area contributed by atoms with Gasteiger partial charge < -0.3 is 15.1 Å².